The molecule has 9 heteroatoms. The van der Waals surface area contributed by atoms with Gasteiger partial charge in [-0.3, -0.25) is 0 Å². The number of rotatable bonds is 6. The van der Waals surface area contributed by atoms with Crippen molar-refractivity contribution < 1.29 is 14.6 Å². The van der Waals surface area contributed by atoms with Crippen molar-refractivity contribution >= 4 is 17.6 Å². The van der Waals surface area contributed by atoms with Gasteiger partial charge in [-0.15, -0.1) is 0 Å². The molecule has 0 radical (unpaired) electrons. The number of amidine groups is 1. The van der Waals surface area contributed by atoms with Crippen LogP contribution in [0.3, 0.4) is 0 Å². The number of hydrogen-bond acceptors (Lipinski definition) is 6. The third-order valence-electron chi connectivity index (χ3n) is 3.31. The Bertz CT molecular complexity index is 769. The molecular formula is C15H17N5O4. The summed E-state index contributed by atoms with van der Waals surface area (Å²) in [5.74, 6) is -1.39. The molecule has 0 aliphatic heterocycles. The van der Waals surface area contributed by atoms with Gasteiger partial charge in [0, 0.05) is 5.56 Å². The van der Waals surface area contributed by atoms with Crippen LogP contribution in [0.25, 0.3) is 0 Å². The van der Waals surface area contributed by atoms with Gasteiger partial charge in [-0.25, -0.2) is 4.79 Å². The van der Waals surface area contributed by atoms with E-state index in [1.54, 1.807) is 38.1 Å². The van der Waals surface area contributed by atoms with Crippen LogP contribution in [-0.2, 0) is 16.2 Å². The van der Waals surface area contributed by atoms with Crippen molar-refractivity contribution in [1.29, 1.82) is 0 Å². The Morgan fingerprint density at radius 1 is 1.46 bits per heavy atom. The second-order valence-electron chi connectivity index (χ2n) is 5.24. The number of hydrogen-bond donors (Lipinski definition) is 1. The summed E-state index contributed by atoms with van der Waals surface area (Å²) in [5, 5.41) is 18.1. The molecule has 1 aromatic carbocycles. The second-order valence-corrected chi connectivity index (χ2v) is 5.24. The van der Waals surface area contributed by atoms with Gasteiger partial charge in [0.1, 0.15) is 0 Å². The van der Waals surface area contributed by atoms with Crippen LogP contribution in [0.5, 0.6) is 0 Å². The molecule has 24 heavy (non-hydrogen) atoms. The summed E-state index contributed by atoms with van der Waals surface area (Å²) < 4.78 is 1.38. The molecule has 2 N–H and O–H groups in total. The van der Waals surface area contributed by atoms with E-state index >= 15 is 0 Å². The fourth-order valence-corrected chi connectivity index (χ4v) is 1.95. The lowest BCUT2D eigenvalue weighted by molar-refractivity contribution is -0.389. The molecular weight excluding hydrogens is 314 g/mol. The van der Waals surface area contributed by atoms with Gasteiger partial charge in [0.15, 0.2) is 5.84 Å². The molecule has 0 aliphatic rings. The SMILES string of the molecule is Cc1cc([N+](=O)[O-])nn1CC(C)C(=O)O/N=C(\N)c1ccccc1. The van der Waals surface area contributed by atoms with E-state index in [-0.39, 0.29) is 18.2 Å². The van der Waals surface area contributed by atoms with Crippen molar-refractivity contribution in [1.82, 2.24) is 9.78 Å². The fraction of sp³-hybridized carbons (Fsp3) is 0.267. The van der Waals surface area contributed by atoms with Gasteiger partial charge in [-0.1, -0.05) is 35.5 Å². The summed E-state index contributed by atoms with van der Waals surface area (Å²) in [6, 6.07) is 10.2. The van der Waals surface area contributed by atoms with Gasteiger partial charge in [-0.2, -0.15) is 4.68 Å². The highest BCUT2D eigenvalue weighted by molar-refractivity contribution is 5.97. The molecule has 0 bridgehead atoms. The zero-order chi connectivity index (χ0) is 17.7. The first-order valence-corrected chi connectivity index (χ1v) is 7.17. The lowest BCUT2D eigenvalue weighted by atomic mass is 10.2. The molecule has 0 aliphatic carbocycles. The average molecular weight is 331 g/mol. The highest BCUT2D eigenvalue weighted by atomic mass is 16.7. The molecule has 126 valence electrons. The number of carbonyl (C=O) groups excluding carboxylic acids is 1. The van der Waals surface area contributed by atoms with Crippen molar-refractivity contribution in [3.8, 4) is 0 Å². The predicted octanol–water partition coefficient (Wildman–Crippen LogP) is 1.60. The van der Waals surface area contributed by atoms with Crippen molar-refractivity contribution in [3.63, 3.8) is 0 Å². The van der Waals surface area contributed by atoms with Crippen LogP contribution in [-0.4, -0.2) is 26.5 Å². The van der Waals surface area contributed by atoms with Gasteiger partial charge >= 0.3 is 11.8 Å². The summed E-state index contributed by atoms with van der Waals surface area (Å²) in [5.41, 5.74) is 6.95. The number of carbonyl (C=O) groups is 1. The smallest absolute Gasteiger partial charge is 0.380 e. The number of aromatic nitrogens is 2. The molecule has 1 atom stereocenters. The Balaban J connectivity index is 1.99. The quantitative estimate of drug-likeness (QED) is 0.282. The van der Waals surface area contributed by atoms with Crippen molar-refractivity contribution in [2.75, 3.05) is 0 Å². The fourth-order valence-electron chi connectivity index (χ4n) is 1.95. The van der Waals surface area contributed by atoms with E-state index in [0.717, 1.165) is 0 Å². The molecule has 1 unspecified atom stereocenters. The standard InChI is InChI=1S/C15H17N5O4/c1-10(9-19-11(2)8-13(17-19)20(22)23)15(21)24-18-14(16)12-6-4-3-5-7-12/h3-8,10H,9H2,1-2H3,(H2,16,18). The molecule has 1 aromatic heterocycles. The van der Waals surface area contributed by atoms with Gasteiger partial charge in [-0.05, 0) is 18.8 Å². The number of oxime groups is 1. The van der Waals surface area contributed by atoms with Crippen LogP contribution in [0.1, 0.15) is 18.2 Å². The van der Waals surface area contributed by atoms with Crippen LogP contribution in [0.4, 0.5) is 5.82 Å². The molecule has 0 saturated carbocycles. The highest BCUT2D eigenvalue weighted by Gasteiger charge is 2.22. The molecule has 9 nitrogen and oxygen atoms in total. The van der Waals surface area contributed by atoms with Gasteiger partial charge in [0.2, 0.25) is 0 Å². The lowest BCUT2D eigenvalue weighted by Crippen LogP contribution is -2.22. The summed E-state index contributed by atoms with van der Waals surface area (Å²) in [6.45, 7) is 3.42. The molecule has 1 heterocycles. The van der Waals surface area contributed by atoms with Gasteiger partial charge < -0.3 is 20.7 Å². The Labute approximate surface area is 137 Å². The first-order valence-electron chi connectivity index (χ1n) is 7.17. The third-order valence-corrected chi connectivity index (χ3v) is 3.31. The first-order chi connectivity index (χ1) is 11.4. The minimum absolute atomic E-state index is 0.0852. The minimum atomic E-state index is -0.605. The third kappa shape index (κ3) is 4.15. The lowest BCUT2D eigenvalue weighted by Gasteiger charge is -2.07. The van der Waals surface area contributed by atoms with E-state index < -0.39 is 16.8 Å². The van der Waals surface area contributed by atoms with E-state index in [4.69, 9.17) is 10.6 Å². The van der Waals surface area contributed by atoms with Crippen LogP contribution in [0, 0.1) is 23.0 Å². The highest BCUT2D eigenvalue weighted by Crippen LogP contribution is 2.13. The Morgan fingerprint density at radius 3 is 2.71 bits per heavy atom. The maximum absolute atomic E-state index is 12.0. The van der Waals surface area contributed by atoms with Crippen LogP contribution in [0.2, 0.25) is 0 Å². The summed E-state index contributed by atoms with van der Waals surface area (Å²) in [4.78, 5) is 26.9. The maximum atomic E-state index is 12.0. The zero-order valence-electron chi connectivity index (χ0n) is 13.2. The molecule has 0 amide bonds. The van der Waals surface area contributed by atoms with Gasteiger partial charge in [0.25, 0.3) is 0 Å². The summed E-state index contributed by atoms with van der Waals surface area (Å²) in [7, 11) is 0. The monoisotopic (exact) mass is 331 g/mol. The minimum Gasteiger partial charge on any atom is -0.380 e. The van der Waals surface area contributed by atoms with E-state index in [1.807, 2.05) is 6.07 Å². The Kier molecular flexibility index (Phi) is 5.25. The van der Waals surface area contributed by atoms with Crippen LogP contribution >= 0.6 is 0 Å². The van der Waals surface area contributed by atoms with Crippen molar-refractivity contribution in [2.24, 2.45) is 16.8 Å². The van der Waals surface area contributed by atoms with Crippen LogP contribution in [0.15, 0.2) is 41.6 Å². The average Bonchev–Trinajstić information content (AvgIpc) is 2.94. The normalized spacial score (nSPS) is 12.7. The van der Waals surface area contributed by atoms with Crippen molar-refractivity contribution in [3.05, 3.63) is 57.8 Å². The number of aryl methyl sites for hydroxylation is 1. The molecule has 0 spiro atoms. The molecule has 2 aromatic rings. The topological polar surface area (TPSA) is 126 Å². The summed E-state index contributed by atoms with van der Waals surface area (Å²) >= 11 is 0. The number of nitro groups is 1. The first kappa shape index (κ1) is 17.1. The molecule has 2 rings (SSSR count). The van der Waals surface area contributed by atoms with Crippen molar-refractivity contribution in [2.45, 2.75) is 20.4 Å². The van der Waals surface area contributed by atoms with Crippen LogP contribution < -0.4 is 5.73 Å². The van der Waals surface area contributed by atoms with E-state index in [2.05, 4.69) is 10.3 Å². The Morgan fingerprint density at radius 2 is 2.12 bits per heavy atom. The molecule has 0 fully saturated rings. The van der Waals surface area contributed by atoms with E-state index in [0.29, 0.717) is 11.3 Å². The van der Waals surface area contributed by atoms with E-state index in [1.165, 1.54) is 10.7 Å². The number of nitrogens with zero attached hydrogens (tertiary/aromatic N) is 4. The number of benzene rings is 1. The number of nitrogens with two attached hydrogens (primary N) is 1. The largest absolute Gasteiger partial charge is 0.390 e. The molecule has 0 saturated heterocycles. The Hall–Kier alpha value is -3.23. The zero-order valence-corrected chi connectivity index (χ0v) is 13.2. The predicted molar refractivity (Wildman–Crippen MR) is 86.0 cm³/mol. The summed E-state index contributed by atoms with van der Waals surface area (Å²) in [6.07, 6.45) is 0. The van der Waals surface area contributed by atoms with Gasteiger partial charge in [0.05, 0.1) is 29.3 Å². The van der Waals surface area contributed by atoms with E-state index in [9.17, 15) is 14.9 Å². The maximum Gasteiger partial charge on any atom is 0.390 e. The second kappa shape index (κ2) is 7.36.